The van der Waals surface area contributed by atoms with Gasteiger partial charge in [0.15, 0.2) is 0 Å². The molecule has 1 unspecified atom stereocenters. The van der Waals surface area contributed by atoms with E-state index in [0.717, 1.165) is 23.1 Å². The van der Waals surface area contributed by atoms with Crippen molar-refractivity contribution >= 4 is 27.6 Å². The number of anilines is 1. The van der Waals surface area contributed by atoms with Gasteiger partial charge in [-0.25, -0.2) is 4.79 Å². The van der Waals surface area contributed by atoms with Gasteiger partial charge in [0.25, 0.3) is 0 Å². The molecular formula is C13H18BrNO2. The number of hydrogen-bond acceptors (Lipinski definition) is 2. The molecule has 1 rings (SSSR count). The Labute approximate surface area is 111 Å². The van der Waals surface area contributed by atoms with Gasteiger partial charge in [-0.05, 0) is 24.1 Å². The smallest absolute Gasteiger partial charge is 0.335 e. The molecule has 0 amide bonds. The molecule has 1 aromatic rings. The molecular weight excluding hydrogens is 282 g/mol. The number of carbonyl (C=O) groups is 1. The van der Waals surface area contributed by atoms with E-state index in [4.69, 9.17) is 5.11 Å². The first-order chi connectivity index (χ1) is 7.93. The molecule has 0 saturated carbocycles. The van der Waals surface area contributed by atoms with E-state index in [0.29, 0.717) is 11.5 Å². The summed E-state index contributed by atoms with van der Waals surface area (Å²) in [6.07, 6.45) is 1.12. The molecule has 0 saturated heterocycles. The second-order valence-electron chi connectivity index (χ2n) is 4.40. The lowest BCUT2D eigenvalue weighted by Gasteiger charge is -2.23. The van der Waals surface area contributed by atoms with Gasteiger partial charge < -0.3 is 10.0 Å². The lowest BCUT2D eigenvalue weighted by Crippen LogP contribution is -2.23. The molecule has 0 aromatic heterocycles. The van der Waals surface area contributed by atoms with Gasteiger partial charge in [0.2, 0.25) is 0 Å². The molecule has 3 nitrogen and oxygen atoms in total. The zero-order valence-electron chi connectivity index (χ0n) is 10.4. The standard InChI is InChI=1S/C13H18BrNO2/c1-4-9(2)8-15(3)12-6-10(13(16)17)5-11(14)7-12/h5-7,9H,4,8H2,1-3H3,(H,16,17). The largest absolute Gasteiger partial charge is 0.478 e. The van der Waals surface area contributed by atoms with Gasteiger partial charge in [0.05, 0.1) is 5.56 Å². The Kier molecular flexibility index (Phi) is 5.00. The Morgan fingerprint density at radius 1 is 1.47 bits per heavy atom. The highest BCUT2D eigenvalue weighted by atomic mass is 79.9. The fraction of sp³-hybridized carbons (Fsp3) is 0.462. The highest BCUT2D eigenvalue weighted by Gasteiger charge is 2.10. The van der Waals surface area contributed by atoms with Crippen molar-refractivity contribution in [3.63, 3.8) is 0 Å². The molecule has 1 atom stereocenters. The van der Waals surface area contributed by atoms with E-state index in [1.54, 1.807) is 12.1 Å². The Morgan fingerprint density at radius 3 is 2.65 bits per heavy atom. The van der Waals surface area contributed by atoms with Crippen LogP contribution >= 0.6 is 15.9 Å². The van der Waals surface area contributed by atoms with Crippen LogP contribution in [0.15, 0.2) is 22.7 Å². The highest BCUT2D eigenvalue weighted by Crippen LogP contribution is 2.23. The van der Waals surface area contributed by atoms with Gasteiger partial charge in [-0.15, -0.1) is 0 Å². The second kappa shape index (κ2) is 6.05. The van der Waals surface area contributed by atoms with Crippen LogP contribution in [0.25, 0.3) is 0 Å². The van der Waals surface area contributed by atoms with Crippen LogP contribution in [-0.4, -0.2) is 24.7 Å². The van der Waals surface area contributed by atoms with E-state index in [1.165, 1.54) is 0 Å². The van der Waals surface area contributed by atoms with Crippen LogP contribution in [0.5, 0.6) is 0 Å². The Hall–Kier alpha value is -1.03. The van der Waals surface area contributed by atoms with E-state index in [-0.39, 0.29) is 0 Å². The van der Waals surface area contributed by atoms with Crippen molar-refractivity contribution in [1.29, 1.82) is 0 Å². The van der Waals surface area contributed by atoms with Crippen molar-refractivity contribution < 1.29 is 9.90 Å². The van der Waals surface area contributed by atoms with Gasteiger partial charge in [-0.3, -0.25) is 0 Å². The molecule has 0 spiro atoms. The SMILES string of the molecule is CCC(C)CN(C)c1cc(Br)cc(C(=O)O)c1. The van der Waals surface area contributed by atoms with Crippen molar-refractivity contribution in [3.05, 3.63) is 28.2 Å². The predicted octanol–water partition coefficient (Wildman–Crippen LogP) is 3.63. The number of halogens is 1. The molecule has 0 bridgehead atoms. The van der Waals surface area contributed by atoms with E-state index < -0.39 is 5.97 Å². The molecule has 4 heteroatoms. The minimum Gasteiger partial charge on any atom is -0.478 e. The highest BCUT2D eigenvalue weighted by molar-refractivity contribution is 9.10. The lowest BCUT2D eigenvalue weighted by atomic mass is 10.1. The molecule has 0 fully saturated rings. The lowest BCUT2D eigenvalue weighted by molar-refractivity contribution is 0.0697. The number of carboxylic acids is 1. The average Bonchev–Trinajstić information content (AvgIpc) is 2.27. The zero-order valence-corrected chi connectivity index (χ0v) is 12.0. The number of rotatable bonds is 5. The third-order valence-electron chi connectivity index (χ3n) is 2.85. The van der Waals surface area contributed by atoms with Crippen LogP contribution in [0.3, 0.4) is 0 Å². The molecule has 0 aliphatic heterocycles. The number of benzene rings is 1. The summed E-state index contributed by atoms with van der Waals surface area (Å²) in [5, 5.41) is 9.00. The van der Waals surface area contributed by atoms with Crippen molar-refractivity contribution in [2.75, 3.05) is 18.5 Å². The van der Waals surface area contributed by atoms with Crippen molar-refractivity contribution in [2.45, 2.75) is 20.3 Å². The van der Waals surface area contributed by atoms with Crippen molar-refractivity contribution in [2.24, 2.45) is 5.92 Å². The topological polar surface area (TPSA) is 40.5 Å². The summed E-state index contributed by atoms with van der Waals surface area (Å²) in [5.74, 6) is -0.309. The monoisotopic (exact) mass is 299 g/mol. The first kappa shape index (κ1) is 14.0. The first-order valence-corrected chi connectivity index (χ1v) is 6.48. The summed E-state index contributed by atoms with van der Waals surface area (Å²) in [7, 11) is 1.99. The summed E-state index contributed by atoms with van der Waals surface area (Å²) in [6.45, 7) is 5.26. The molecule has 0 radical (unpaired) electrons. The molecule has 94 valence electrons. The summed E-state index contributed by atoms with van der Waals surface area (Å²) in [6, 6.07) is 5.26. The van der Waals surface area contributed by atoms with E-state index >= 15 is 0 Å². The average molecular weight is 300 g/mol. The second-order valence-corrected chi connectivity index (χ2v) is 5.31. The maximum atomic E-state index is 11.0. The zero-order chi connectivity index (χ0) is 13.0. The summed E-state index contributed by atoms with van der Waals surface area (Å²) in [4.78, 5) is 13.1. The first-order valence-electron chi connectivity index (χ1n) is 5.69. The number of aromatic carboxylic acids is 1. The van der Waals surface area contributed by atoms with Crippen LogP contribution in [0.2, 0.25) is 0 Å². The summed E-state index contributed by atoms with van der Waals surface area (Å²) in [5.41, 5.74) is 1.24. The molecule has 0 heterocycles. The van der Waals surface area contributed by atoms with Gasteiger partial charge in [0, 0.05) is 23.8 Å². The Balaban J connectivity index is 2.93. The van der Waals surface area contributed by atoms with Crippen LogP contribution in [0.4, 0.5) is 5.69 Å². The van der Waals surface area contributed by atoms with Gasteiger partial charge in [-0.2, -0.15) is 0 Å². The van der Waals surface area contributed by atoms with Crippen LogP contribution in [-0.2, 0) is 0 Å². The van der Waals surface area contributed by atoms with E-state index in [2.05, 4.69) is 34.7 Å². The summed E-state index contributed by atoms with van der Waals surface area (Å²) >= 11 is 3.34. The molecule has 17 heavy (non-hydrogen) atoms. The minimum atomic E-state index is -0.899. The third kappa shape index (κ3) is 4.04. The number of carboxylic acid groups (broad SMARTS) is 1. The van der Waals surface area contributed by atoms with E-state index in [9.17, 15) is 4.79 Å². The predicted molar refractivity (Wildman–Crippen MR) is 73.8 cm³/mol. The van der Waals surface area contributed by atoms with Gasteiger partial charge >= 0.3 is 5.97 Å². The maximum absolute atomic E-state index is 11.0. The minimum absolute atomic E-state index is 0.311. The number of nitrogens with zero attached hydrogens (tertiary/aromatic N) is 1. The van der Waals surface area contributed by atoms with Crippen molar-refractivity contribution in [1.82, 2.24) is 0 Å². The third-order valence-corrected chi connectivity index (χ3v) is 3.31. The number of hydrogen-bond donors (Lipinski definition) is 1. The quantitative estimate of drug-likeness (QED) is 0.902. The summed E-state index contributed by atoms with van der Waals surface area (Å²) < 4.78 is 0.795. The molecule has 1 aromatic carbocycles. The fourth-order valence-corrected chi connectivity index (χ4v) is 2.10. The molecule has 1 N–H and O–H groups in total. The Morgan fingerprint density at radius 2 is 2.12 bits per heavy atom. The fourth-order valence-electron chi connectivity index (χ4n) is 1.62. The van der Waals surface area contributed by atoms with Crippen LogP contribution in [0.1, 0.15) is 30.6 Å². The van der Waals surface area contributed by atoms with Crippen LogP contribution in [0, 0.1) is 5.92 Å². The Bertz CT molecular complexity index is 406. The molecule has 0 aliphatic rings. The molecule has 0 aliphatic carbocycles. The normalized spacial score (nSPS) is 12.2. The van der Waals surface area contributed by atoms with Crippen LogP contribution < -0.4 is 4.90 Å². The van der Waals surface area contributed by atoms with E-state index in [1.807, 2.05) is 13.1 Å². The van der Waals surface area contributed by atoms with Gasteiger partial charge in [0.1, 0.15) is 0 Å². The van der Waals surface area contributed by atoms with Gasteiger partial charge in [-0.1, -0.05) is 36.2 Å². The van der Waals surface area contributed by atoms with Crippen molar-refractivity contribution in [3.8, 4) is 0 Å². The maximum Gasteiger partial charge on any atom is 0.335 e.